The number of pyridine rings is 1. The molecule has 1 aromatic rings. The van der Waals surface area contributed by atoms with Gasteiger partial charge in [0.25, 0.3) is 5.91 Å². The second-order valence-electron chi connectivity index (χ2n) is 4.95. The molecule has 1 saturated heterocycles. The highest BCUT2D eigenvalue weighted by atomic mass is 16.5. The van der Waals surface area contributed by atoms with Gasteiger partial charge in [0, 0.05) is 26.4 Å². The third-order valence-electron chi connectivity index (χ3n) is 3.52. The Bertz CT molecular complexity index is 450. The molecule has 0 radical (unpaired) electrons. The lowest BCUT2D eigenvalue weighted by atomic mass is 9.94. The van der Waals surface area contributed by atoms with Gasteiger partial charge in [0.15, 0.2) is 0 Å². The van der Waals surface area contributed by atoms with Gasteiger partial charge in [0.2, 0.25) is 0 Å². The molecule has 0 saturated carbocycles. The van der Waals surface area contributed by atoms with Crippen molar-refractivity contribution in [1.82, 2.24) is 9.88 Å². The van der Waals surface area contributed by atoms with Crippen LogP contribution >= 0.6 is 0 Å². The Morgan fingerprint density at radius 2 is 2.39 bits per heavy atom. The molecule has 0 aromatic carbocycles. The second-order valence-corrected chi connectivity index (χ2v) is 4.95. The van der Waals surface area contributed by atoms with Crippen molar-refractivity contribution in [3.8, 4) is 0 Å². The number of nitrogen functional groups attached to an aromatic ring is 1. The van der Waals surface area contributed by atoms with Crippen LogP contribution in [0.2, 0.25) is 0 Å². The number of hydrogen-bond acceptors (Lipinski definition) is 4. The number of piperidine rings is 1. The number of carbonyl (C=O) groups is 1. The number of aromatic nitrogens is 1. The van der Waals surface area contributed by atoms with Gasteiger partial charge in [-0.1, -0.05) is 0 Å². The van der Waals surface area contributed by atoms with E-state index >= 15 is 0 Å². The van der Waals surface area contributed by atoms with Gasteiger partial charge in [-0.05, 0) is 25.8 Å². The normalized spacial score (nSPS) is 24.0. The summed E-state index contributed by atoms with van der Waals surface area (Å²) in [6, 6.07) is 1.66. The second kappa shape index (κ2) is 4.94. The van der Waals surface area contributed by atoms with Gasteiger partial charge < -0.3 is 15.4 Å². The first-order valence-electron chi connectivity index (χ1n) is 6.10. The fraction of sp³-hybridized carbons (Fsp3) is 0.538. The van der Waals surface area contributed by atoms with E-state index in [4.69, 9.17) is 10.5 Å². The Morgan fingerprint density at radius 3 is 3.06 bits per heavy atom. The average molecular weight is 249 g/mol. The molecule has 2 N–H and O–H groups in total. The van der Waals surface area contributed by atoms with Crippen molar-refractivity contribution in [3.05, 3.63) is 24.0 Å². The maximum atomic E-state index is 12.4. The zero-order valence-electron chi connectivity index (χ0n) is 10.8. The van der Waals surface area contributed by atoms with Crippen molar-refractivity contribution in [2.45, 2.75) is 25.4 Å². The molecule has 2 rings (SSSR count). The van der Waals surface area contributed by atoms with Crippen molar-refractivity contribution in [1.29, 1.82) is 0 Å². The molecule has 1 fully saturated rings. The lowest BCUT2D eigenvalue weighted by molar-refractivity contribution is -0.0439. The molecule has 0 spiro atoms. The summed E-state index contributed by atoms with van der Waals surface area (Å²) in [6.45, 7) is 3.38. The monoisotopic (exact) mass is 249 g/mol. The highest BCUT2D eigenvalue weighted by molar-refractivity contribution is 5.98. The van der Waals surface area contributed by atoms with Crippen molar-refractivity contribution in [3.63, 3.8) is 0 Å². The quantitative estimate of drug-likeness (QED) is 0.858. The minimum absolute atomic E-state index is 0.0436. The number of nitrogens with zero attached hydrogens (tertiary/aromatic N) is 2. The predicted octanol–water partition coefficient (Wildman–Crippen LogP) is 1.30. The van der Waals surface area contributed by atoms with Crippen molar-refractivity contribution in [2.24, 2.45) is 0 Å². The molecule has 0 aliphatic carbocycles. The summed E-state index contributed by atoms with van der Waals surface area (Å²) in [5.41, 5.74) is 6.47. The van der Waals surface area contributed by atoms with Crippen LogP contribution in [0.3, 0.4) is 0 Å². The number of nitrogens with two attached hydrogens (primary N) is 1. The summed E-state index contributed by atoms with van der Waals surface area (Å²) >= 11 is 0. The van der Waals surface area contributed by atoms with E-state index in [1.165, 1.54) is 6.20 Å². The van der Waals surface area contributed by atoms with Gasteiger partial charge in [-0.25, -0.2) is 0 Å². The summed E-state index contributed by atoms with van der Waals surface area (Å²) in [5.74, 6) is -0.0436. The number of amides is 1. The standard InChI is InChI=1S/C13H19N3O2/c1-13(18-2)5-3-7-16(9-13)12(17)10-4-6-15-8-11(10)14/h4,6,8H,3,5,7,9,14H2,1-2H3. The molecule has 5 heteroatoms. The molecule has 1 amide bonds. The lowest BCUT2D eigenvalue weighted by Crippen LogP contribution is -2.49. The maximum absolute atomic E-state index is 12.4. The first-order valence-corrected chi connectivity index (χ1v) is 6.10. The fourth-order valence-corrected chi connectivity index (χ4v) is 2.32. The van der Waals surface area contributed by atoms with E-state index in [9.17, 15) is 4.79 Å². The third-order valence-corrected chi connectivity index (χ3v) is 3.52. The van der Waals surface area contributed by atoms with E-state index in [2.05, 4.69) is 4.98 Å². The molecule has 1 aliphatic heterocycles. The van der Waals surface area contributed by atoms with E-state index < -0.39 is 0 Å². The number of likely N-dealkylation sites (tertiary alicyclic amines) is 1. The highest BCUT2D eigenvalue weighted by Gasteiger charge is 2.33. The van der Waals surface area contributed by atoms with Crippen molar-refractivity contribution in [2.75, 3.05) is 25.9 Å². The van der Waals surface area contributed by atoms with Crippen LogP contribution in [0.1, 0.15) is 30.1 Å². The predicted molar refractivity (Wildman–Crippen MR) is 69.2 cm³/mol. The minimum Gasteiger partial charge on any atom is -0.397 e. The molecule has 5 nitrogen and oxygen atoms in total. The van der Waals surface area contributed by atoms with E-state index in [1.54, 1.807) is 24.3 Å². The van der Waals surface area contributed by atoms with E-state index in [1.807, 2.05) is 6.92 Å². The SMILES string of the molecule is COC1(C)CCCN(C(=O)c2ccncc2N)C1. The van der Waals surface area contributed by atoms with Crippen LogP contribution in [0.15, 0.2) is 18.5 Å². The molecular formula is C13H19N3O2. The Balaban J connectivity index is 2.17. The summed E-state index contributed by atoms with van der Waals surface area (Å²) in [6.07, 6.45) is 5.01. The Kier molecular flexibility index (Phi) is 3.52. The zero-order valence-corrected chi connectivity index (χ0v) is 10.8. The number of carbonyl (C=O) groups excluding carboxylic acids is 1. The van der Waals surface area contributed by atoms with Gasteiger partial charge in [-0.3, -0.25) is 9.78 Å². The Morgan fingerprint density at radius 1 is 1.61 bits per heavy atom. The van der Waals surface area contributed by atoms with Crippen LogP contribution in [0.25, 0.3) is 0 Å². The molecule has 98 valence electrons. The number of methoxy groups -OCH3 is 1. The van der Waals surface area contributed by atoms with Gasteiger partial charge in [-0.2, -0.15) is 0 Å². The van der Waals surface area contributed by atoms with Crippen LogP contribution in [-0.2, 0) is 4.74 Å². The van der Waals surface area contributed by atoms with Crippen LogP contribution in [0, 0.1) is 0 Å². The van der Waals surface area contributed by atoms with Crippen LogP contribution < -0.4 is 5.73 Å². The summed E-state index contributed by atoms with van der Waals surface area (Å²) in [7, 11) is 1.69. The Labute approximate surface area is 107 Å². The molecule has 0 bridgehead atoms. The smallest absolute Gasteiger partial charge is 0.256 e. The minimum atomic E-state index is -0.254. The largest absolute Gasteiger partial charge is 0.397 e. The first kappa shape index (κ1) is 12.8. The maximum Gasteiger partial charge on any atom is 0.256 e. The molecule has 1 unspecified atom stereocenters. The lowest BCUT2D eigenvalue weighted by Gasteiger charge is -2.39. The fourth-order valence-electron chi connectivity index (χ4n) is 2.32. The van der Waals surface area contributed by atoms with Crippen molar-refractivity contribution < 1.29 is 9.53 Å². The average Bonchev–Trinajstić information content (AvgIpc) is 2.39. The number of anilines is 1. The summed E-state index contributed by atoms with van der Waals surface area (Å²) in [4.78, 5) is 18.1. The first-order chi connectivity index (χ1) is 8.56. The molecule has 18 heavy (non-hydrogen) atoms. The van der Waals surface area contributed by atoms with Gasteiger partial charge >= 0.3 is 0 Å². The number of rotatable bonds is 2. The van der Waals surface area contributed by atoms with Crippen LogP contribution in [-0.4, -0.2) is 41.6 Å². The molecule has 1 atom stereocenters. The third kappa shape index (κ3) is 2.46. The Hall–Kier alpha value is -1.62. The topological polar surface area (TPSA) is 68.5 Å². The number of hydrogen-bond donors (Lipinski definition) is 1. The summed E-state index contributed by atoms with van der Waals surface area (Å²) in [5, 5.41) is 0. The highest BCUT2D eigenvalue weighted by Crippen LogP contribution is 2.25. The zero-order chi connectivity index (χ0) is 13.2. The van der Waals surface area contributed by atoms with Gasteiger partial charge in [0.1, 0.15) is 0 Å². The van der Waals surface area contributed by atoms with E-state index in [0.29, 0.717) is 17.8 Å². The van der Waals surface area contributed by atoms with Crippen LogP contribution in [0.5, 0.6) is 0 Å². The van der Waals surface area contributed by atoms with E-state index in [-0.39, 0.29) is 11.5 Å². The molecule has 1 aromatic heterocycles. The van der Waals surface area contributed by atoms with Crippen molar-refractivity contribution >= 4 is 11.6 Å². The van der Waals surface area contributed by atoms with Gasteiger partial charge in [0.05, 0.1) is 23.0 Å². The summed E-state index contributed by atoms with van der Waals surface area (Å²) < 4.78 is 5.49. The number of ether oxygens (including phenoxy) is 1. The van der Waals surface area contributed by atoms with Gasteiger partial charge in [-0.15, -0.1) is 0 Å². The molecule has 1 aliphatic rings. The molecule has 2 heterocycles. The van der Waals surface area contributed by atoms with E-state index in [0.717, 1.165) is 19.4 Å². The molecular weight excluding hydrogens is 230 g/mol. The van der Waals surface area contributed by atoms with Crippen LogP contribution in [0.4, 0.5) is 5.69 Å².